The molecule has 0 saturated carbocycles. The van der Waals surface area contributed by atoms with E-state index in [1.54, 1.807) is 0 Å². The molecule has 1 unspecified atom stereocenters. The molecule has 2 aliphatic heterocycles. The molecule has 2 aliphatic rings. The summed E-state index contributed by atoms with van der Waals surface area (Å²) in [6.45, 7) is 5.91. The summed E-state index contributed by atoms with van der Waals surface area (Å²) in [6, 6.07) is 8.47. The van der Waals surface area contributed by atoms with E-state index >= 15 is 0 Å². The first-order valence-electron chi connectivity index (χ1n) is 8.01. The highest BCUT2D eigenvalue weighted by Gasteiger charge is 2.25. The van der Waals surface area contributed by atoms with Gasteiger partial charge in [0.2, 0.25) is 0 Å². The Kier molecular flexibility index (Phi) is 3.74. The van der Waals surface area contributed by atoms with Gasteiger partial charge in [-0.25, -0.2) is 0 Å². The summed E-state index contributed by atoms with van der Waals surface area (Å²) in [5, 5.41) is 1.32. The molecule has 1 atom stereocenters. The van der Waals surface area contributed by atoms with Crippen LogP contribution in [0, 0.1) is 5.92 Å². The molecule has 112 valence electrons. The van der Waals surface area contributed by atoms with Gasteiger partial charge in [-0.2, -0.15) is 0 Å². The van der Waals surface area contributed by atoms with Crippen molar-refractivity contribution < 1.29 is 4.42 Å². The molecule has 3 nitrogen and oxygen atoms in total. The lowest BCUT2D eigenvalue weighted by Crippen LogP contribution is -2.37. The zero-order valence-corrected chi connectivity index (χ0v) is 13.6. The molecule has 0 bridgehead atoms. The van der Waals surface area contributed by atoms with Gasteiger partial charge in [-0.15, -0.1) is 0 Å². The highest BCUT2D eigenvalue weighted by atomic mass is 31.0. The zero-order valence-electron chi connectivity index (χ0n) is 12.4. The van der Waals surface area contributed by atoms with Crippen molar-refractivity contribution in [2.24, 2.45) is 5.92 Å². The Bertz CT molecular complexity index is 631. The molecule has 2 aromatic rings. The van der Waals surface area contributed by atoms with Gasteiger partial charge < -0.3 is 4.42 Å². The lowest BCUT2D eigenvalue weighted by atomic mass is 9.96. The summed E-state index contributed by atoms with van der Waals surface area (Å²) in [7, 11) is 2.84. The van der Waals surface area contributed by atoms with Crippen molar-refractivity contribution in [1.82, 2.24) is 9.57 Å². The van der Waals surface area contributed by atoms with Gasteiger partial charge in [0.05, 0.1) is 0 Å². The SMILES string of the molecule is PN1CCC(CN2CCc3oc4ccccc4c3C2)CC1. The number of nitrogens with zero attached hydrogens (tertiary/aromatic N) is 2. The highest BCUT2D eigenvalue weighted by molar-refractivity contribution is 7.13. The molecule has 0 aliphatic carbocycles. The second-order valence-corrected chi connectivity index (χ2v) is 7.19. The molecule has 4 rings (SSSR count). The third-order valence-corrected chi connectivity index (χ3v) is 5.50. The van der Waals surface area contributed by atoms with Crippen LogP contribution in [0.25, 0.3) is 11.0 Å². The second-order valence-electron chi connectivity index (χ2n) is 6.46. The zero-order chi connectivity index (χ0) is 14.2. The van der Waals surface area contributed by atoms with Crippen LogP contribution in [0.2, 0.25) is 0 Å². The van der Waals surface area contributed by atoms with E-state index in [9.17, 15) is 0 Å². The van der Waals surface area contributed by atoms with E-state index in [0.717, 1.165) is 31.0 Å². The monoisotopic (exact) mass is 302 g/mol. The van der Waals surface area contributed by atoms with Crippen LogP contribution >= 0.6 is 9.39 Å². The van der Waals surface area contributed by atoms with Crippen molar-refractivity contribution in [3.05, 3.63) is 35.6 Å². The van der Waals surface area contributed by atoms with E-state index in [1.807, 2.05) is 0 Å². The van der Waals surface area contributed by atoms with Crippen LogP contribution in [0.3, 0.4) is 0 Å². The van der Waals surface area contributed by atoms with Gasteiger partial charge in [0.1, 0.15) is 11.3 Å². The lowest BCUT2D eigenvalue weighted by molar-refractivity contribution is 0.171. The standard InChI is InChI=1S/C17H23N2OP/c21-19-9-5-13(6-10-19)11-18-8-7-17-15(12-18)14-3-1-2-4-16(14)20-17/h1-4,13H,5-12,21H2. The number of rotatable bonds is 2. The summed E-state index contributed by atoms with van der Waals surface area (Å²) < 4.78 is 8.38. The smallest absolute Gasteiger partial charge is 0.134 e. The summed E-state index contributed by atoms with van der Waals surface area (Å²) in [4.78, 5) is 2.63. The Labute approximate surface area is 128 Å². The second kappa shape index (κ2) is 5.72. The quantitative estimate of drug-likeness (QED) is 0.794. The molecule has 1 aromatic heterocycles. The fourth-order valence-electron chi connectivity index (χ4n) is 3.74. The molecule has 1 saturated heterocycles. The third-order valence-electron chi connectivity index (χ3n) is 4.98. The maximum absolute atomic E-state index is 6.01. The minimum absolute atomic E-state index is 0.863. The minimum atomic E-state index is 0.863. The fraction of sp³-hybridized carbons (Fsp3) is 0.529. The molecule has 0 amide bonds. The maximum atomic E-state index is 6.01. The van der Waals surface area contributed by atoms with Crippen LogP contribution in [0.15, 0.2) is 28.7 Å². The minimum Gasteiger partial charge on any atom is -0.461 e. The van der Waals surface area contributed by atoms with Crippen molar-refractivity contribution in [3.63, 3.8) is 0 Å². The average molecular weight is 302 g/mol. The molecule has 0 radical (unpaired) electrons. The number of benzene rings is 1. The van der Waals surface area contributed by atoms with E-state index in [2.05, 4.69) is 43.2 Å². The summed E-state index contributed by atoms with van der Waals surface area (Å²) in [5.41, 5.74) is 2.49. The van der Waals surface area contributed by atoms with Gasteiger partial charge in [0.25, 0.3) is 0 Å². The normalized spacial score (nSPS) is 21.8. The Balaban J connectivity index is 1.48. The van der Waals surface area contributed by atoms with Crippen LogP contribution in [0.1, 0.15) is 24.2 Å². The molecular weight excluding hydrogens is 279 g/mol. The lowest BCUT2D eigenvalue weighted by Gasteiger charge is -2.34. The molecule has 1 aromatic carbocycles. The molecule has 1 fully saturated rings. The Morgan fingerprint density at radius 2 is 1.95 bits per heavy atom. The molecule has 3 heterocycles. The molecule has 4 heteroatoms. The van der Waals surface area contributed by atoms with Crippen LogP contribution in [0.5, 0.6) is 0 Å². The number of piperidine rings is 1. The van der Waals surface area contributed by atoms with Gasteiger partial charge in [-0.05, 0) is 24.8 Å². The predicted octanol–water partition coefficient (Wildman–Crippen LogP) is 3.29. The van der Waals surface area contributed by atoms with E-state index < -0.39 is 0 Å². The van der Waals surface area contributed by atoms with Crippen molar-refractivity contribution in [1.29, 1.82) is 0 Å². The topological polar surface area (TPSA) is 19.6 Å². The average Bonchev–Trinajstić information content (AvgIpc) is 2.88. The van der Waals surface area contributed by atoms with E-state index in [4.69, 9.17) is 4.42 Å². The molecule has 0 N–H and O–H groups in total. The van der Waals surface area contributed by atoms with Crippen LogP contribution in [0.4, 0.5) is 0 Å². The largest absolute Gasteiger partial charge is 0.461 e. The van der Waals surface area contributed by atoms with Crippen LogP contribution < -0.4 is 0 Å². The van der Waals surface area contributed by atoms with Crippen LogP contribution in [-0.2, 0) is 13.0 Å². The molecule has 21 heavy (non-hydrogen) atoms. The summed E-state index contributed by atoms with van der Waals surface area (Å²) >= 11 is 0. The van der Waals surface area contributed by atoms with Gasteiger partial charge >= 0.3 is 0 Å². The van der Waals surface area contributed by atoms with Gasteiger partial charge in [-0.1, -0.05) is 27.6 Å². The van der Waals surface area contributed by atoms with E-state index in [0.29, 0.717) is 0 Å². The highest BCUT2D eigenvalue weighted by Crippen LogP contribution is 2.31. The van der Waals surface area contributed by atoms with Crippen molar-refractivity contribution in [3.8, 4) is 0 Å². The first-order chi connectivity index (χ1) is 10.3. The van der Waals surface area contributed by atoms with Crippen LogP contribution in [-0.4, -0.2) is 35.7 Å². The Morgan fingerprint density at radius 3 is 2.81 bits per heavy atom. The molecule has 0 spiro atoms. The third kappa shape index (κ3) is 2.75. The fourth-order valence-corrected chi connectivity index (χ4v) is 4.04. The van der Waals surface area contributed by atoms with Crippen molar-refractivity contribution in [2.75, 3.05) is 26.2 Å². The van der Waals surface area contributed by atoms with Gasteiger partial charge in [-0.3, -0.25) is 9.57 Å². The summed E-state index contributed by atoms with van der Waals surface area (Å²) in [5.74, 6) is 2.08. The first-order valence-corrected chi connectivity index (χ1v) is 8.52. The van der Waals surface area contributed by atoms with E-state index in [-0.39, 0.29) is 0 Å². The number of furan rings is 1. The maximum Gasteiger partial charge on any atom is 0.134 e. The van der Waals surface area contributed by atoms with Gasteiger partial charge in [0, 0.05) is 50.1 Å². The number of hydrogen-bond acceptors (Lipinski definition) is 3. The Hall–Kier alpha value is -0.890. The summed E-state index contributed by atoms with van der Waals surface area (Å²) in [6.07, 6.45) is 3.73. The first kappa shape index (κ1) is 13.8. The van der Waals surface area contributed by atoms with Gasteiger partial charge in [0.15, 0.2) is 0 Å². The Morgan fingerprint density at radius 1 is 1.14 bits per heavy atom. The van der Waals surface area contributed by atoms with Crippen molar-refractivity contribution in [2.45, 2.75) is 25.8 Å². The number of hydrogen-bond donors (Lipinski definition) is 0. The number of para-hydroxylation sites is 1. The molecular formula is C17H23N2OP. The van der Waals surface area contributed by atoms with E-state index in [1.165, 1.54) is 49.2 Å². The predicted molar refractivity (Wildman–Crippen MR) is 89.2 cm³/mol. The number of fused-ring (bicyclic) bond motifs is 3. The van der Waals surface area contributed by atoms with Crippen molar-refractivity contribution >= 4 is 20.4 Å².